The zero-order chi connectivity index (χ0) is 22.3. The predicted molar refractivity (Wildman–Crippen MR) is 116 cm³/mol. The van der Waals surface area contributed by atoms with E-state index in [1.54, 1.807) is 19.2 Å². The lowest BCUT2D eigenvalue weighted by atomic mass is 9.86. The first-order valence-corrected chi connectivity index (χ1v) is 10.1. The Morgan fingerprint density at radius 3 is 2.30 bits per heavy atom. The number of rotatable bonds is 8. The van der Waals surface area contributed by atoms with E-state index < -0.39 is 6.04 Å². The molecule has 5 nitrogen and oxygen atoms in total. The molecule has 0 aliphatic carbocycles. The van der Waals surface area contributed by atoms with Crippen molar-refractivity contribution in [2.45, 2.75) is 52.1 Å². The molecule has 2 rings (SSSR count). The van der Waals surface area contributed by atoms with Gasteiger partial charge in [-0.05, 0) is 41.2 Å². The van der Waals surface area contributed by atoms with Gasteiger partial charge in [0.2, 0.25) is 5.91 Å². The first kappa shape index (κ1) is 23.4. The Morgan fingerprint density at radius 2 is 1.73 bits per heavy atom. The molecule has 0 aliphatic heterocycles. The van der Waals surface area contributed by atoms with Crippen LogP contribution in [0.3, 0.4) is 0 Å². The average Bonchev–Trinajstić information content (AvgIpc) is 2.72. The maximum atomic E-state index is 13.3. The lowest BCUT2D eigenvalue weighted by molar-refractivity contribution is -0.142. The average molecular weight is 415 g/mol. The van der Waals surface area contributed by atoms with E-state index in [0.29, 0.717) is 12.2 Å². The van der Waals surface area contributed by atoms with Crippen LogP contribution in [0.1, 0.15) is 45.2 Å². The third-order valence-electron chi connectivity index (χ3n) is 4.94. The van der Waals surface area contributed by atoms with Crippen LogP contribution in [0.2, 0.25) is 0 Å². The Hall–Kier alpha value is -2.89. The number of nitrogens with zero attached hydrogens (tertiary/aromatic N) is 1. The van der Waals surface area contributed by atoms with E-state index in [-0.39, 0.29) is 36.2 Å². The van der Waals surface area contributed by atoms with Crippen molar-refractivity contribution in [2.24, 2.45) is 0 Å². The number of para-hydroxylation sites is 1. The van der Waals surface area contributed by atoms with Gasteiger partial charge in [-0.2, -0.15) is 0 Å². The quantitative estimate of drug-likeness (QED) is 0.709. The van der Waals surface area contributed by atoms with Crippen molar-refractivity contribution in [1.29, 1.82) is 0 Å². The molecule has 1 N–H and O–H groups in total. The van der Waals surface area contributed by atoms with E-state index in [2.05, 4.69) is 26.1 Å². The lowest BCUT2D eigenvalue weighted by Crippen LogP contribution is -2.49. The highest BCUT2D eigenvalue weighted by Crippen LogP contribution is 2.31. The van der Waals surface area contributed by atoms with E-state index in [9.17, 15) is 14.0 Å². The Balaban J connectivity index is 2.24. The smallest absolute Gasteiger partial charge is 0.261 e. The molecule has 2 amide bonds. The van der Waals surface area contributed by atoms with Crippen LogP contribution in [0.5, 0.6) is 5.75 Å². The fourth-order valence-electron chi connectivity index (χ4n) is 3.31. The molecule has 0 saturated heterocycles. The molecule has 162 valence electrons. The van der Waals surface area contributed by atoms with Gasteiger partial charge in [0.25, 0.3) is 5.91 Å². The number of halogens is 1. The van der Waals surface area contributed by atoms with Crippen LogP contribution in [-0.4, -0.2) is 36.4 Å². The summed E-state index contributed by atoms with van der Waals surface area (Å²) in [6.07, 6.45) is 0.450. The predicted octanol–water partition coefficient (Wildman–Crippen LogP) is 4.06. The van der Waals surface area contributed by atoms with Gasteiger partial charge in [-0.15, -0.1) is 0 Å². The highest BCUT2D eigenvalue weighted by molar-refractivity contribution is 5.88. The summed E-state index contributed by atoms with van der Waals surface area (Å²) < 4.78 is 19.2. The molecule has 0 aromatic heterocycles. The fourth-order valence-corrected chi connectivity index (χ4v) is 3.31. The largest absolute Gasteiger partial charge is 0.483 e. The highest BCUT2D eigenvalue weighted by atomic mass is 19.1. The number of nitrogens with one attached hydrogen (secondary N) is 1. The van der Waals surface area contributed by atoms with E-state index in [4.69, 9.17) is 4.74 Å². The summed E-state index contributed by atoms with van der Waals surface area (Å²) in [5.74, 6) is -0.258. The minimum atomic E-state index is -0.644. The summed E-state index contributed by atoms with van der Waals surface area (Å²) in [4.78, 5) is 27.0. The van der Waals surface area contributed by atoms with Gasteiger partial charge in [-0.25, -0.2) is 4.39 Å². The van der Waals surface area contributed by atoms with Gasteiger partial charge in [-0.1, -0.05) is 58.0 Å². The molecule has 0 fully saturated rings. The zero-order valence-electron chi connectivity index (χ0n) is 18.4. The van der Waals surface area contributed by atoms with Gasteiger partial charge in [0.15, 0.2) is 6.61 Å². The molecule has 30 heavy (non-hydrogen) atoms. The molecule has 0 bridgehead atoms. The minimum Gasteiger partial charge on any atom is -0.483 e. The van der Waals surface area contributed by atoms with Gasteiger partial charge in [-0.3, -0.25) is 9.59 Å². The van der Waals surface area contributed by atoms with Crippen molar-refractivity contribution in [3.8, 4) is 5.75 Å². The Kier molecular flexibility index (Phi) is 7.98. The van der Waals surface area contributed by atoms with Gasteiger partial charge in [0.1, 0.15) is 17.6 Å². The van der Waals surface area contributed by atoms with Gasteiger partial charge in [0.05, 0.1) is 0 Å². The summed E-state index contributed by atoms with van der Waals surface area (Å²) >= 11 is 0. The number of hydrogen-bond donors (Lipinski definition) is 1. The number of hydrogen-bond acceptors (Lipinski definition) is 3. The molecule has 0 spiro atoms. The van der Waals surface area contributed by atoms with Crippen LogP contribution in [0.25, 0.3) is 0 Å². The van der Waals surface area contributed by atoms with E-state index in [0.717, 1.165) is 11.1 Å². The van der Waals surface area contributed by atoms with Crippen LogP contribution in [0.15, 0.2) is 48.5 Å². The fraction of sp³-hybridized carbons (Fsp3) is 0.417. The standard InChI is InChI=1S/C24H31FN2O3/c1-6-20(23(29)26-5)27(15-17-11-13-18(25)14-12-17)22(28)16-30-21-10-8-7-9-19(21)24(2,3)4/h7-14,20H,6,15-16H2,1-5H3,(H,26,29). The first-order chi connectivity index (χ1) is 14.2. The molecule has 0 saturated carbocycles. The SMILES string of the molecule is CCC(C(=O)NC)N(Cc1ccc(F)cc1)C(=O)COc1ccccc1C(C)(C)C. The number of carbonyl (C=O) groups excluding carboxylic acids is 2. The topological polar surface area (TPSA) is 58.6 Å². The van der Waals surface area contributed by atoms with E-state index in [1.165, 1.54) is 17.0 Å². The summed E-state index contributed by atoms with van der Waals surface area (Å²) in [5.41, 5.74) is 1.60. The molecule has 0 heterocycles. The van der Waals surface area contributed by atoms with Crippen molar-refractivity contribution in [3.05, 3.63) is 65.5 Å². The number of amides is 2. The first-order valence-electron chi connectivity index (χ1n) is 10.1. The van der Waals surface area contributed by atoms with Crippen LogP contribution >= 0.6 is 0 Å². The maximum absolute atomic E-state index is 13.3. The highest BCUT2D eigenvalue weighted by Gasteiger charge is 2.29. The molecule has 1 unspecified atom stereocenters. The van der Waals surface area contributed by atoms with Crippen molar-refractivity contribution < 1.29 is 18.7 Å². The summed E-state index contributed by atoms with van der Waals surface area (Å²) in [5, 5.41) is 2.62. The van der Waals surface area contributed by atoms with Crippen LogP contribution < -0.4 is 10.1 Å². The Bertz CT molecular complexity index is 859. The molecule has 0 radical (unpaired) electrons. The lowest BCUT2D eigenvalue weighted by Gasteiger charge is -2.30. The zero-order valence-corrected chi connectivity index (χ0v) is 18.4. The summed E-state index contributed by atoms with van der Waals surface area (Å²) in [6, 6.07) is 12.9. The van der Waals surface area contributed by atoms with Gasteiger partial charge < -0.3 is 15.0 Å². The van der Waals surface area contributed by atoms with Gasteiger partial charge in [0, 0.05) is 13.6 Å². The molecule has 6 heteroatoms. The van der Waals surface area contributed by atoms with Crippen LogP contribution in [0.4, 0.5) is 4.39 Å². The third kappa shape index (κ3) is 6.05. The Morgan fingerprint density at radius 1 is 1.10 bits per heavy atom. The molecule has 2 aromatic carbocycles. The summed E-state index contributed by atoms with van der Waals surface area (Å²) in [6.45, 7) is 8.08. The van der Waals surface area contributed by atoms with Crippen LogP contribution in [0, 0.1) is 5.82 Å². The third-order valence-corrected chi connectivity index (χ3v) is 4.94. The number of likely N-dealkylation sites (N-methyl/N-ethyl adjacent to an activating group) is 1. The van der Waals surface area contributed by atoms with Crippen molar-refractivity contribution in [2.75, 3.05) is 13.7 Å². The maximum Gasteiger partial charge on any atom is 0.261 e. The molecular formula is C24H31FN2O3. The van der Waals surface area contributed by atoms with Crippen molar-refractivity contribution >= 4 is 11.8 Å². The second-order valence-electron chi connectivity index (χ2n) is 8.22. The second-order valence-corrected chi connectivity index (χ2v) is 8.22. The molecule has 0 aliphatic rings. The van der Waals surface area contributed by atoms with Crippen molar-refractivity contribution in [1.82, 2.24) is 10.2 Å². The van der Waals surface area contributed by atoms with E-state index in [1.807, 2.05) is 31.2 Å². The number of carbonyl (C=O) groups is 2. The normalized spacial score (nSPS) is 12.2. The molecular weight excluding hydrogens is 383 g/mol. The Labute approximate surface area is 178 Å². The van der Waals surface area contributed by atoms with Gasteiger partial charge >= 0.3 is 0 Å². The summed E-state index contributed by atoms with van der Waals surface area (Å²) in [7, 11) is 1.54. The number of ether oxygens (including phenoxy) is 1. The minimum absolute atomic E-state index is 0.137. The van der Waals surface area contributed by atoms with Crippen molar-refractivity contribution in [3.63, 3.8) is 0 Å². The van der Waals surface area contributed by atoms with E-state index >= 15 is 0 Å². The second kappa shape index (κ2) is 10.2. The van der Waals surface area contributed by atoms with Crippen LogP contribution in [-0.2, 0) is 21.5 Å². The monoisotopic (exact) mass is 414 g/mol. The molecule has 1 atom stereocenters. The molecule has 2 aromatic rings. The number of benzene rings is 2.